The van der Waals surface area contributed by atoms with Gasteiger partial charge in [-0.1, -0.05) is 30.3 Å². The van der Waals surface area contributed by atoms with E-state index in [1.54, 1.807) is 30.3 Å². The second-order valence-electron chi connectivity index (χ2n) is 6.63. The molecule has 8 nitrogen and oxygen atoms in total. The molecule has 1 N–H and O–H groups in total. The maximum atomic E-state index is 13.8. The number of hydrogen-bond donors (Lipinski definition) is 1. The fraction of sp³-hybridized carbons (Fsp3) is 0.143. The van der Waals surface area contributed by atoms with E-state index in [0.29, 0.717) is 22.9 Å². The van der Waals surface area contributed by atoms with E-state index in [-0.39, 0.29) is 30.1 Å². The largest absolute Gasteiger partial charge is 0.420 e. The first kappa shape index (κ1) is 20.6. The number of carbonyl (C=O) groups is 3. The van der Waals surface area contributed by atoms with Crippen LogP contribution in [-0.2, 0) is 16.1 Å². The van der Waals surface area contributed by atoms with Crippen LogP contribution < -0.4 is 11.1 Å². The number of thioether (sulfide) groups is 1. The SMILES string of the molecule is O=C(Cn1c(=O)oc2ccccc21)NCCN1C(=O)S/C(=C\c2ccccc2F)C1=O. The maximum Gasteiger partial charge on any atom is 0.420 e. The number of hydrogen-bond acceptors (Lipinski definition) is 6. The van der Waals surface area contributed by atoms with Gasteiger partial charge in [-0.25, -0.2) is 9.18 Å². The van der Waals surface area contributed by atoms with E-state index in [4.69, 9.17) is 4.42 Å². The van der Waals surface area contributed by atoms with Crippen LogP contribution in [0.1, 0.15) is 5.56 Å². The molecular weight excluding hydrogens is 425 g/mol. The average molecular weight is 441 g/mol. The number of benzene rings is 2. The third-order valence-corrected chi connectivity index (χ3v) is 5.51. The fourth-order valence-electron chi connectivity index (χ4n) is 3.10. The highest BCUT2D eigenvalue weighted by Gasteiger charge is 2.34. The summed E-state index contributed by atoms with van der Waals surface area (Å²) in [5.74, 6) is -2.17. The molecule has 0 atom stereocenters. The van der Waals surface area contributed by atoms with Gasteiger partial charge in [0.05, 0.1) is 10.4 Å². The average Bonchev–Trinajstić information content (AvgIpc) is 3.20. The summed E-state index contributed by atoms with van der Waals surface area (Å²) in [6.45, 7) is -0.300. The molecule has 0 spiro atoms. The molecule has 10 heteroatoms. The summed E-state index contributed by atoms with van der Waals surface area (Å²) in [5, 5.41) is 2.08. The van der Waals surface area contributed by atoms with Crippen molar-refractivity contribution in [3.8, 4) is 0 Å². The van der Waals surface area contributed by atoms with E-state index in [1.165, 1.54) is 28.8 Å². The van der Waals surface area contributed by atoms with Crippen LogP contribution in [-0.4, -0.2) is 39.6 Å². The molecule has 2 heterocycles. The maximum absolute atomic E-state index is 13.8. The summed E-state index contributed by atoms with van der Waals surface area (Å²) < 4.78 is 20.1. The minimum atomic E-state index is -0.652. The van der Waals surface area contributed by atoms with Gasteiger partial charge in [0.1, 0.15) is 12.4 Å². The van der Waals surface area contributed by atoms with Gasteiger partial charge >= 0.3 is 5.76 Å². The Kier molecular flexibility index (Phi) is 5.72. The van der Waals surface area contributed by atoms with E-state index in [9.17, 15) is 23.6 Å². The number of halogens is 1. The van der Waals surface area contributed by atoms with Gasteiger partial charge in [-0.05, 0) is 36.0 Å². The van der Waals surface area contributed by atoms with Gasteiger partial charge in [0.2, 0.25) is 5.91 Å². The van der Waals surface area contributed by atoms with E-state index >= 15 is 0 Å². The minimum Gasteiger partial charge on any atom is -0.408 e. The molecule has 0 bridgehead atoms. The summed E-state index contributed by atoms with van der Waals surface area (Å²) in [4.78, 5) is 49.9. The molecule has 31 heavy (non-hydrogen) atoms. The van der Waals surface area contributed by atoms with Gasteiger partial charge in [0, 0.05) is 18.7 Å². The van der Waals surface area contributed by atoms with E-state index in [1.807, 2.05) is 0 Å². The van der Waals surface area contributed by atoms with Crippen molar-refractivity contribution >= 4 is 46.0 Å². The molecule has 1 aromatic heterocycles. The summed E-state index contributed by atoms with van der Waals surface area (Å²) in [5.41, 5.74) is 1.07. The normalized spacial score (nSPS) is 15.3. The first-order valence-corrected chi connectivity index (χ1v) is 10.1. The molecule has 0 aliphatic carbocycles. The van der Waals surface area contributed by atoms with Crippen LogP contribution >= 0.6 is 11.8 Å². The van der Waals surface area contributed by atoms with Crippen LogP contribution in [0, 0.1) is 5.82 Å². The Hall–Kier alpha value is -3.66. The Labute approximate surface area is 179 Å². The van der Waals surface area contributed by atoms with Crippen LogP contribution in [0.5, 0.6) is 0 Å². The number of carbonyl (C=O) groups excluding carboxylic acids is 3. The number of nitrogens with one attached hydrogen (secondary N) is 1. The Morgan fingerprint density at radius 1 is 1.10 bits per heavy atom. The summed E-state index contributed by atoms with van der Waals surface area (Å²) >= 11 is 0.713. The molecule has 3 aromatic rings. The number of oxazole rings is 1. The predicted molar refractivity (Wildman–Crippen MR) is 113 cm³/mol. The molecular formula is C21H16FN3O5S. The monoisotopic (exact) mass is 441 g/mol. The minimum absolute atomic E-state index is 0.00832. The highest BCUT2D eigenvalue weighted by molar-refractivity contribution is 8.18. The van der Waals surface area contributed by atoms with E-state index in [2.05, 4.69) is 5.32 Å². The Balaban J connectivity index is 1.36. The molecule has 2 aromatic carbocycles. The summed E-state index contributed by atoms with van der Waals surface area (Å²) in [6.07, 6.45) is 1.33. The van der Waals surface area contributed by atoms with Crippen molar-refractivity contribution < 1.29 is 23.2 Å². The van der Waals surface area contributed by atoms with Crippen molar-refractivity contribution in [2.45, 2.75) is 6.54 Å². The van der Waals surface area contributed by atoms with Crippen molar-refractivity contribution in [2.75, 3.05) is 13.1 Å². The van der Waals surface area contributed by atoms with Gasteiger partial charge in [-0.3, -0.25) is 23.9 Å². The zero-order valence-electron chi connectivity index (χ0n) is 16.0. The number of nitrogens with zero attached hydrogens (tertiary/aromatic N) is 2. The van der Waals surface area contributed by atoms with Crippen LogP contribution in [0.3, 0.4) is 0 Å². The number of fused-ring (bicyclic) bond motifs is 1. The third-order valence-electron chi connectivity index (χ3n) is 4.60. The molecule has 3 amide bonds. The predicted octanol–water partition coefficient (Wildman–Crippen LogP) is 2.59. The van der Waals surface area contributed by atoms with Crippen molar-refractivity contribution in [1.29, 1.82) is 0 Å². The zero-order valence-corrected chi connectivity index (χ0v) is 16.9. The lowest BCUT2D eigenvalue weighted by Gasteiger charge is -2.13. The smallest absolute Gasteiger partial charge is 0.408 e. The highest BCUT2D eigenvalue weighted by Crippen LogP contribution is 2.32. The molecule has 1 aliphatic rings. The molecule has 1 fully saturated rings. The molecule has 158 valence electrons. The van der Waals surface area contributed by atoms with E-state index in [0.717, 1.165) is 4.90 Å². The number of amides is 3. The summed E-state index contributed by atoms with van der Waals surface area (Å²) in [7, 11) is 0. The topological polar surface area (TPSA) is 102 Å². The molecule has 1 saturated heterocycles. The second kappa shape index (κ2) is 8.60. The van der Waals surface area contributed by atoms with Crippen LogP contribution in [0.15, 0.2) is 62.6 Å². The molecule has 1 aliphatic heterocycles. The number of imide groups is 1. The molecule has 0 unspecified atom stereocenters. The molecule has 0 radical (unpaired) electrons. The first-order valence-electron chi connectivity index (χ1n) is 9.29. The first-order chi connectivity index (χ1) is 14.9. The van der Waals surface area contributed by atoms with Gasteiger partial charge < -0.3 is 9.73 Å². The number of rotatable bonds is 6. The van der Waals surface area contributed by atoms with Gasteiger partial charge in [-0.15, -0.1) is 0 Å². The lowest BCUT2D eigenvalue weighted by Crippen LogP contribution is -2.39. The van der Waals surface area contributed by atoms with E-state index < -0.39 is 28.6 Å². The van der Waals surface area contributed by atoms with Crippen LogP contribution in [0.25, 0.3) is 17.2 Å². The molecule has 0 saturated carbocycles. The third kappa shape index (κ3) is 4.29. The Morgan fingerprint density at radius 2 is 1.84 bits per heavy atom. The lowest BCUT2D eigenvalue weighted by atomic mass is 10.2. The van der Waals surface area contributed by atoms with Crippen molar-refractivity contribution in [2.24, 2.45) is 0 Å². The number of aromatic nitrogens is 1. The van der Waals surface area contributed by atoms with Gasteiger partial charge in [0.25, 0.3) is 11.1 Å². The number of para-hydroxylation sites is 2. The van der Waals surface area contributed by atoms with Crippen molar-refractivity contribution in [3.63, 3.8) is 0 Å². The second-order valence-corrected chi connectivity index (χ2v) is 7.62. The van der Waals surface area contributed by atoms with Crippen LogP contribution in [0.4, 0.5) is 9.18 Å². The van der Waals surface area contributed by atoms with Crippen LogP contribution in [0.2, 0.25) is 0 Å². The molecule has 4 rings (SSSR count). The van der Waals surface area contributed by atoms with Crippen molar-refractivity contribution in [1.82, 2.24) is 14.8 Å². The van der Waals surface area contributed by atoms with Crippen molar-refractivity contribution in [3.05, 3.63) is 75.4 Å². The fourth-order valence-corrected chi connectivity index (χ4v) is 3.95. The lowest BCUT2D eigenvalue weighted by molar-refractivity contribution is -0.124. The summed E-state index contributed by atoms with van der Waals surface area (Å²) in [6, 6.07) is 12.7. The highest BCUT2D eigenvalue weighted by atomic mass is 32.2. The van der Waals surface area contributed by atoms with Gasteiger partial charge in [-0.2, -0.15) is 0 Å². The quantitative estimate of drug-likeness (QED) is 0.590. The van der Waals surface area contributed by atoms with Gasteiger partial charge in [0.15, 0.2) is 5.58 Å². The zero-order chi connectivity index (χ0) is 22.0. The Bertz CT molecular complexity index is 1280. The standard InChI is InChI=1S/C21H16FN3O5S/c22-14-6-2-1-5-13(14)11-17-19(27)24(21(29)31-17)10-9-23-18(26)12-25-15-7-3-4-8-16(15)30-20(25)28/h1-8,11H,9-10,12H2,(H,23,26)/b17-11-. The Morgan fingerprint density at radius 3 is 2.65 bits per heavy atom.